The van der Waals surface area contributed by atoms with Gasteiger partial charge in [0, 0.05) is 32.7 Å². The number of hydrogen-bond donors (Lipinski definition) is 1. The molecule has 0 fully saturated rings. The van der Waals surface area contributed by atoms with Gasteiger partial charge in [0.2, 0.25) is 0 Å². The number of phenols is 1. The normalized spacial score (nSPS) is 14.2. The van der Waals surface area contributed by atoms with E-state index >= 15 is 0 Å². The Balaban J connectivity index is 1.41. The maximum absolute atomic E-state index is 12.5. The van der Waals surface area contributed by atoms with Crippen molar-refractivity contribution >= 4 is 11.0 Å². The molecule has 320 valence electrons. The summed E-state index contributed by atoms with van der Waals surface area (Å²) in [5, 5.41) is 12.5. The van der Waals surface area contributed by atoms with Crippen LogP contribution in [-0.2, 0) is 22.7 Å². The first-order chi connectivity index (χ1) is 32.6. The molecule has 0 aliphatic carbocycles. The number of rotatable bonds is 8. The lowest BCUT2D eigenvalue weighted by Crippen LogP contribution is -2.17. The average molecular weight is 837 g/mol. The van der Waals surface area contributed by atoms with Crippen LogP contribution in [0.25, 0.3) is 72.7 Å². The second-order valence-electron chi connectivity index (χ2n) is 20.4. The first-order valence-electron chi connectivity index (χ1n) is 25.5. The van der Waals surface area contributed by atoms with E-state index in [2.05, 4.69) is 166 Å². The molecular formula is C59H63N3O. The Morgan fingerprint density at radius 3 is 1.98 bits per heavy atom. The van der Waals surface area contributed by atoms with Crippen LogP contribution < -0.4 is 0 Å². The minimum absolute atomic E-state index is 0.00319. The van der Waals surface area contributed by atoms with Crippen LogP contribution in [0.15, 0.2) is 140 Å². The Bertz CT molecular complexity index is 3280. The average Bonchev–Trinajstić information content (AvgIpc) is 3.67. The van der Waals surface area contributed by atoms with Gasteiger partial charge in [-0.15, -0.1) is 0 Å². The molecule has 2 heterocycles. The van der Waals surface area contributed by atoms with E-state index in [0.717, 1.165) is 62.1 Å². The zero-order valence-electron chi connectivity index (χ0n) is 45.5. The van der Waals surface area contributed by atoms with E-state index in [1.54, 1.807) is 18.3 Å². The van der Waals surface area contributed by atoms with Crippen LogP contribution in [0.1, 0.15) is 114 Å². The zero-order valence-corrected chi connectivity index (χ0v) is 38.5. The number of nitrogens with zero attached hydrogens (tertiary/aromatic N) is 3. The SMILES string of the molecule is [2H]c1c([2H])c(C([2H])([2H])[2H])c([2H])c([2H])c1-c1ccnc(-c2cc(-c3cccc4c3nc(-c3cc(C(C)(C)C)cc(C(C)(C)C)c3O)n4-c3ccc(-c4ccccc4)c(CC(C)C)c3)cc(C(C)(C)C)c2)c1. The molecule has 1 N–H and O–H groups in total. The number of phenolic OH excluding ortho intramolecular Hbond substituents is 1. The first kappa shape index (κ1) is 35.2. The Labute approximate surface area is 385 Å². The largest absolute Gasteiger partial charge is 0.507 e. The van der Waals surface area contributed by atoms with Crippen LogP contribution in [-0.4, -0.2) is 19.6 Å². The Morgan fingerprint density at radius 2 is 1.32 bits per heavy atom. The Hall–Kier alpha value is -6.26. The molecule has 4 heteroatoms. The smallest absolute Gasteiger partial charge is 0.149 e. The van der Waals surface area contributed by atoms with Gasteiger partial charge in [-0.2, -0.15) is 0 Å². The van der Waals surface area contributed by atoms with Gasteiger partial charge in [0.25, 0.3) is 0 Å². The molecule has 0 amide bonds. The highest BCUT2D eigenvalue weighted by atomic mass is 16.3. The fraction of sp³-hybridized carbons (Fsp3) is 0.288. The zero-order chi connectivity index (χ0) is 51.0. The highest BCUT2D eigenvalue weighted by Gasteiger charge is 2.29. The fourth-order valence-electron chi connectivity index (χ4n) is 8.38. The van der Waals surface area contributed by atoms with Crippen molar-refractivity contribution < 1.29 is 14.7 Å². The molecule has 0 atom stereocenters. The fourth-order valence-corrected chi connectivity index (χ4v) is 8.38. The summed E-state index contributed by atoms with van der Waals surface area (Å²) >= 11 is 0. The van der Waals surface area contributed by atoms with E-state index in [1.165, 1.54) is 11.1 Å². The highest BCUT2D eigenvalue weighted by molar-refractivity contribution is 5.97. The predicted octanol–water partition coefficient (Wildman–Crippen LogP) is 15.9. The van der Waals surface area contributed by atoms with Crippen LogP contribution in [0, 0.1) is 12.8 Å². The second kappa shape index (κ2) is 16.5. The third kappa shape index (κ3) is 8.87. The van der Waals surface area contributed by atoms with Crippen LogP contribution in [0.2, 0.25) is 0 Å². The number of fused-ring (bicyclic) bond motifs is 1. The molecule has 0 saturated carbocycles. The quantitative estimate of drug-likeness (QED) is 0.166. The predicted molar refractivity (Wildman–Crippen MR) is 267 cm³/mol. The van der Waals surface area contributed by atoms with Gasteiger partial charge in [-0.05, 0) is 128 Å². The molecule has 2 aromatic heterocycles. The van der Waals surface area contributed by atoms with E-state index in [0.29, 0.717) is 28.6 Å². The van der Waals surface area contributed by atoms with Crippen LogP contribution in [0.4, 0.5) is 0 Å². The number of aromatic nitrogens is 3. The third-order valence-corrected chi connectivity index (χ3v) is 11.8. The summed E-state index contributed by atoms with van der Waals surface area (Å²) in [7, 11) is 0. The molecule has 63 heavy (non-hydrogen) atoms. The summed E-state index contributed by atoms with van der Waals surface area (Å²) in [6.07, 6.45) is 2.43. The van der Waals surface area contributed by atoms with Crippen LogP contribution in [0.3, 0.4) is 0 Å². The van der Waals surface area contributed by atoms with Crippen molar-refractivity contribution in [3.8, 4) is 67.5 Å². The van der Waals surface area contributed by atoms with Crippen molar-refractivity contribution in [3.05, 3.63) is 167 Å². The van der Waals surface area contributed by atoms with Crippen molar-refractivity contribution in [2.24, 2.45) is 5.92 Å². The van der Waals surface area contributed by atoms with Crippen molar-refractivity contribution in [1.82, 2.24) is 14.5 Å². The van der Waals surface area contributed by atoms with Gasteiger partial charge in [-0.1, -0.05) is 167 Å². The maximum Gasteiger partial charge on any atom is 0.149 e. The third-order valence-electron chi connectivity index (χ3n) is 11.8. The van der Waals surface area contributed by atoms with E-state index in [9.17, 15) is 5.11 Å². The van der Waals surface area contributed by atoms with E-state index in [4.69, 9.17) is 19.6 Å². The Kier molecular flexibility index (Phi) is 9.20. The van der Waals surface area contributed by atoms with Crippen molar-refractivity contribution in [2.75, 3.05) is 0 Å². The molecule has 0 radical (unpaired) electrons. The van der Waals surface area contributed by atoms with E-state index in [1.807, 2.05) is 12.1 Å². The summed E-state index contributed by atoms with van der Waals surface area (Å²) in [4.78, 5) is 10.4. The number of imidazole rings is 1. The van der Waals surface area contributed by atoms with Gasteiger partial charge in [0.1, 0.15) is 11.6 Å². The lowest BCUT2D eigenvalue weighted by atomic mass is 9.79. The van der Waals surface area contributed by atoms with E-state index < -0.39 is 36.6 Å². The van der Waals surface area contributed by atoms with Gasteiger partial charge in [-0.25, -0.2) is 4.98 Å². The van der Waals surface area contributed by atoms with Crippen molar-refractivity contribution in [3.63, 3.8) is 0 Å². The van der Waals surface area contributed by atoms with Crippen molar-refractivity contribution in [2.45, 2.75) is 106 Å². The molecule has 8 aromatic rings. The van der Waals surface area contributed by atoms with Gasteiger partial charge in [0.05, 0.1) is 27.8 Å². The second-order valence-corrected chi connectivity index (χ2v) is 20.4. The summed E-state index contributed by atoms with van der Waals surface area (Å²) < 4.78 is 60.8. The number of para-hydroxylation sites is 1. The Morgan fingerprint density at radius 1 is 0.619 bits per heavy atom. The van der Waals surface area contributed by atoms with Gasteiger partial charge >= 0.3 is 0 Å². The minimum atomic E-state index is -2.82. The molecule has 0 spiro atoms. The lowest BCUT2D eigenvalue weighted by molar-refractivity contribution is 0.446. The van der Waals surface area contributed by atoms with E-state index in [-0.39, 0.29) is 27.6 Å². The first-order valence-corrected chi connectivity index (χ1v) is 22.0. The van der Waals surface area contributed by atoms with Crippen molar-refractivity contribution in [1.29, 1.82) is 0 Å². The molecule has 0 aliphatic rings. The summed E-state index contributed by atoms with van der Waals surface area (Å²) in [5.74, 6) is 1.20. The lowest BCUT2D eigenvalue weighted by Gasteiger charge is -2.27. The molecule has 6 aromatic carbocycles. The molecule has 0 saturated heterocycles. The molecular weight excluding hydrogens is 767 g/mol. The van der Waals surface area contributed by atoms with Crippen LogP contribution in [0.5, 0.6) is 5.75 Å². The monoisotopic (exact) mass is 837 g/mol. The molecule has 4 nitrogen and oxygen atoms in total. The molecule has 0 bridgehead atoms. The summed E-state index contributed by atoms with van der Waals surface area (Å²) in [6, 6.07) is 35.2. The number of aromatic hydroxyl groups is 1. The maximum atomic E-state index is 12.5. The van der Waals surface area contributed by atoms with Gasteiger partial charge in [-0.3, -0.25) is 9.55 Å². The summed E-state index contributed by atoms with van der Waals surface area (Å²) in [6.45, 7) is 21.0. The number of pyridine rings is 1. The molecule has 0 aliphatic heterocycles. The topological polar surface area (TPSA) is 50.9 Å². The van der Waals surface area contributed by atoms with Crippen LogP contribution >= 0.6 is 0 Å². The van der Waals surface area contributed by atoms with Gasteiger partial charge < -0.3 is 5.11 Å². The highest BCUT2D eigenvalue weighted by Crippen LogP contribution is 2.45. The van der Waals surface area contributed by atoms with Gasteiger partial charge in [0.15, 0.2) is 0 Å². The number of benzene rings is 6. The molecule has 8 rings (SSSR count). The standard InChI is InChI=1S/C59H63N3O/c1-37(2)29-42-33-47(25-26-48(42)40-17-14-13-15-18-40)62-53-20-16-19-49(54(53)61-56(62)50-35-46(58(7,8)9)36-51(55(50)63)59(10,11)12)43-30-44(32-45(31-43)57(4,5)6)52-34-41(27-28-60-52)39-23-21-38(3)22-24-39/h13-28,30-37,63H,29H2,1-12H3/i3D3,21D,22D,23D,24D. The minimum Gasteiger partial charge on any atom is -0.507 e. The molecule has 0 unspecified atom stereocenters. The number of hydrogen-bond acceptors (Lipinski definition) is 3. The summed E-state index contributed by atoms with van der Waals surface area (Å²) in [5.41, 5.74) is 11.6.